The molecule has 140 valence electrons. The fourth-order valence-electron chi connectivity index (χ4n) is 3.34. The maximum atomic E-state index is 5.97. The average Bonchev–Trinajstić information content (AvgIpc) is 3.24. The molecular formula is C21H23N3O3. The van der Waals surface area contributed by atoms with Crippen LogP contribution in [-0.2, 0) is 17.7 Å². The Balaban J connectivity index is 1.35. The molecule has 0 bridgehead atoms. The molecule has 6 heteroatoms. The monoisotopic (exact) mass is 365 g/mol. The van der Waals surface area contributed by atoms with Gasteiger partial charge in [-0.1, -0.05) is 12.1 Å². The topological polar surface area (TPSA) is 60.6 Å². The Kier molecular flexibility index (Phi) is 5.46. The van der Waals surface area contributed by atoms with Gasteiger partial charge >= 0.3 is 0 Å². The fourth-order valence-corrected chi connectivity index (χ4v) is 3.34. The van der Waals surface area contributed by atoms with Crippen LogP contribution in [0.15, 0.2) is 59.5 Å². The first-order valence-corrected chi connectivity index (χ1v) is 9.12. The number of hydrogen-bond donors (Lipinski definition) is 0. The molecule has 0 N–H and O–H groups in total. The lowest BCUT2D eigenvalue weighted by atomic mass is 10.1. The van der Waals surface area contributed by atoms with Gasteiger partial charge in [0.05, 0.1) is 26.1 Å². The smallest absolute Gasteiger partial charge is 0.195 e. The Bertz CT molecular complexity index is 849. The zero-order valence-electron chi connectivity index (χ0n) is 15.4. The maximum Gasteiger partial charge on any atom is 0.195 e. The summed E-state index contributed by atoms with van der Waals surface area (Å²) in [5, 5.41) is 0. The Morgan fingerprint density at radius 3 is 2.81 bits per heavy atom. The molecule has 0 amide bonds. The summed E-state index contributed by atoms with van der Waals surface area (Å²) in [5.41, 5.74) is 2.32. The molecule has 0 saturated carbocycles. The molecule has 4 rings (SSSR count). The summed E-state index contributed by atoms with van der Waals surface area (Å²) in [4.78, 5) is 11.2. The number of aromatic nitrogens is 2. The van der Waals surface area contributed by atoms with Gasteiger partial charge in [-0.2, -0.15) is 0 Å². The van der Waals surface area contributed by atoms with Gasteiger partial charge in [-0.15, -0.1) is 0 Å². The quantitative estimate of drug-likeness (QED) is 0.669. The molecule has 1 aliphatic rings. The molecule has 1 aromatic carbocycles. The van der Waals surface area contributed by atoms with Crippen LogP contribution in [0.1, 0.15) is 11.1 Å². The Hall–Kier alpha value is -2.70. The van der Waals surface area contributed by atoms with Crippen molar-refractivity contribution in [3.8, 4) is 17.3 Å². The van der Waals surface area contributed by atoms with Gasteiger partial charge in [0.1, 0.15) is 5.75 Å². The summed E-state index contributed by atoms with van der Waals surface area (Å²) in [7, 11) is 1.69. The van der Waals surface area contributed by atoms with E-state index in [1.165, 1.54) is 5.56 Å². The van der Waals surface area contributed by atoms with E-state index in [9.17, 15) is 0 Å². The van der Waals surface area contributed by atoms with Crippen LogP contribution in [0.3, 0.4) is 0 Å². The van der Waals surface area contributed by atoms with Crippen molar-refractivity contribution >= 4 is 0 Å². The highest BCUT2D eigenvalue weighted by Crippen LogP contribution is 2.19. The molecule has 1 unspecified atom stereocenters. The number of methoxy groups -OCH3 is 1. The standard InChI is InChI=1S/C21H23N3O3/c1-25-18-5-2-4-16(10-18)11-19-15-24(7-9-26-19)14-17-12-22-21(23-13-17)20-6-3-8-27-20/h2-6,8,10,12-13,19H,7,9,11,14-15H2,1H3. The Morgan fingerprint density at radius 1 is 1.15 bits per heavy atom. The van der Waals surface area contributed by atoms with Crippen LogP contribution in [0.2, 0.25) is 0 Å². The molecule has 2 aromatic heterocycles. The number of nitrogens with zero attached hydrogens (tertiary/aromatic N) is 3. The largest absolute Gasteiger partial charge is 0.497 e. The second kappa shape index (κ2) is 8.33. The van der Waals surface area contributed by atoms with E-state index in [1.807, 2.05) is 36.7 Å². The summed E-state index contributed by atoms with van der Waals surface area (Å²) in [6.45, 7) is 3.35. The number of morpholine rings is 1. The van der Waals surface area contributed by atoms with E-state index in [1.54, 1.807) is 13.4 Å². The van der Waals surface area contributed by atoms with Crippen LogP contribution in [-0.4, -0.2) is 47.8 Å². The van der Waals surface area contributed by atoms with Crippen molar-refractivity contribution in [2.24, 2.45) is 0 Å². The first kappa shape index (κ1) is 17.7. The summed E-state index contributed by atoms with van der Waals surface area (Å²) in [6, 6.07) is 11.9. The van der Waals surface area contributed by atoms with Crippen LogP contribution in [0.25, 0.3) is 11.6 Å². The molecular weight excluding hydrogens is 342 g/mol. The predicted octanol–water partition coefficient (Wildman–Crippen LogP) is 3.19. The van der Waals surface area contributed by atoms with Crippen molar-refractivity contribution in [2.75, 3.05) is 26.8 Å². The zero-order chi connectivity index (χ0) is 18.5. The van der Waals surface area contributed by atoms with Crippen molar-refractivity contribution in [3.63, 3.8) is 0 Å². The number of benzene rings is 1. The molecule has 0 spiro atoms. The van der Waals surface area contributed by atoms with Crippen LogP contribution in [0.4, 0.5) is 0 Å². The van der Waals surface area contributed by atoms with Gasteiger partial charge in [-0.3, -0.25) is 4.90 Å². The highest BCUT2D eigenvalue weighted by atomic mass is 16.5. The molecule has 0 radical (unpaired) electrons. The summed E-state index contributed by atoms with van der Waals surface area (Å²) in [6.07, 6.45) is 6.42. The SMILES string of the molecule is COc1cccc(CC2CN(Cc3cnc(-c4ccco4)nc3)CCO2)c1. The minimum atomic E-state index is 0.175. The summed E-state index contributed by atoms with van der Waals surface area (Å²) >= 11 is 0. The van der Waals surface area contributed by atoms with E-state index >= 15 is 0 Å². The van der Waals surface area contributed by atoms with Gasteiger partial charge in [-0.05, 0) is 29.8 Å². The third-order valence-electron chi connectivity index (χ3n) is 4.67. The van der Waals surface area contributed by atoms with Crippen LogP contribution in [0, 0.1) is 0 Å². The second-order valence-electron chi connectivity index (χ2n) is 6.68. The van der Waals surface area contributed by atoms with E-state index in [0.717, 1.165) is 44.0 Å². The minimum absolute atomic E-state index is 0.175. The van der Waals surface area contributed by atoms with Gasteiger partial charge < -0.3 is 13.9 Å². The Labute approximate surface area is 158 Å². The maximum absolute atomic E-state index is 5.97. The van der Waals surface area contributed by atoms with Crippen LogP contribution >= 0.6 is 0 Å². The molecule has 6 nitrogen and oxygen atoms in total. The third-order valence-corrected chi connectivity index (χ3v) is 4.67. The van der Waals surface area contributed by atoms with Crippen molar-refractivity contribution in [2.45, 2.75) is 19.1 Å². The number of furan rings is 1. The zero-order valence-corrected chi connectivity index (χ0v) is 15.4. The van der Waals surface area contributed by atoms with Gasteiger partial charge in [0.15, 0.2) is 11.6 Å². The predicted molar refractivity (Wildman–Crippen MR) is 101 cm³/mol. The number of rotatable bonds is 6. The van der Waals surface area contributed by atoms with Crippen molar-refractivity contribution in [3.05, 3.63) is 66.2 Å². The number of ether oxygens (including phenoxy) is 2. The molecule has 1 aliphatic heterocycles. The normalized spacial score (nSPS) is 17.7. The van der Waals surface area contributed by atoms with Crippen molar-refractivity contribution in [1.82, 2.24) is 14.9 Å². The van der Waals surface area contributed by atoms with Crippen LogP contribution in [0.5, 0.6) is 5.75 Å². The van der Waals surface area contributed by atoms with E-state index in [2.05, 4.69) is 27.0 Å². The van der Waals surface area contributed by atoms with E-state index < -0.39 is 0 Å². The molecule has 1 saturated heterocycles. The molecule has 3 aromatic rings. The lowest BCUT2D eigenvalue weighted by Gasteiger charge is -2.33. The third kappa shape index (κ3) is 4.53. The first-order chi connectivity index (χ1) is 13.3. The van der Waals surface area contributed by atoms with Gasteiger partial charge in [-0.25, -0.2) is 9.97 Å². The lowest BCUT2D eigenvalue weighted by molar-refractivity contribution is -0.0305. The Morgan fingerprint density at radius 2 is 2.04 bits per heavy atom. The average molecular weight is 365 g/mol. The first-order valence-electron chi connectivity index (χ1n) is 9.12. The van der Waals surface area contributed by atoms with Gasteiger partial charge in [0.25, 0.3) is 0 Å². The van der Waals surface area contributed by atoms with Crippen molar-refractivity contribution < 1.29 is 13.9 Å². The lowest BCUT2D eigenvalue weighted by Crippen LogP contribution is -2.42. The highest BCUT2D eigenvalue weighted by molar-refractivity contribution is 5.45. The minimum Gasteiger partial charge on any atom is -0.497 e. The van der Waals surface area contributed by atoms with Crippen molar-refractivity contribution in [1.29, 1.82) is 0 Å². The second-order valence-corrected chi connectivity index (χ2v) is 6.68. The van der Waals surface area contributed by atoms with Gasteiger partial charge in [0.2, 0.25) is 0 Å². The molecule has 1 atom stereocenters. The van der Waals surface area contributed by atoms with E-state index in [-0.39, 0.29) is 6.10 Å². The van der Waals surface area contributed by atoms with Crippen LogP contribution < -0.4 is 4.74 Å². The van der Waals surface area contributed by atoms with E-state index in [4.69, 9.17) is 13.9 Å². The fraction of sp³-hybridized carbons (Fsp3) is 0.333. The number of hydrogen-bond acceptors (Lipinski definition) is 6. The van der Waals surface area contributed by atoms with Gasteiger partial charge in [0, 0.05) is 44.0 Å². The molecule has 3 heterocycles. The highest BCUT2D eigenvalue weighted by Gasteiger charge is 2.21. The molecule has 0 aliphatic carbocycles. The molecule has 1 fully saturated rings. The molecule has 27 heavy (non-hydrogen) atoms. The van der Waals surface area contributed by atoms with E-state index in [0.29, 0.717) is 11.6 Å². The summed E-state index contributed by atoms with van der Waals surface area (Å²) < 4.78 is 16.6. The summed E-state index contributed by atoms with van der Waals surface area (Å²) in [5.74, 6) is 2.18.